The highest BCUT2D eigenvalue weighted by Crippen LogP contribution is 2.28. The number of aromatic nitrogens is 1. The van der Waals surface area contributed by atoms with Crippen LogP contribution in [0.15, 0.2) is 29.6 Å². The minimum Gasteiger partial charge on any atom is -0.300 e. The number of halogens is 1. The van der Waals surface area contributed by atoms with E-state index in [4.69, 9.17) is 11.6 Å². The average molecular weight is 295 g/mol. The highest BCUT2D eigenvalue weighted by molar-refractivity contribution is 7.13. The van der Waals surface area contributed by atoms with Crippen molar-refractivity contribution in [2.45, 2.75) is 26.3 Å². The first kappa shape index (κ1) is 14.5. The zero-order chi connectivity index (χ0) is 13.7. The lowest BCUT2D eigenvalue weighted by Crippen LogP contribution is -2.22. The first-order chi connectivity index (χ1) is 9.28. The normalized spacial score (nSPS) is 11.2. The summed E-state index contributed by atoms with van der Waals surface area (Å²) in [5, 5.41) is 3.11. The van der Waals surface area contributed by atoms with E-state index in [-0.39, 0.29) is 0 Å². The van der Waals surface area contributed by atoms with Gasteiger partial charge in [-0.25, -0.2) is 4.98 Å². The summed E-state index contributed by atoms with van der Waals surface area (Å²) in [7, 11) is 0. The van der Waals surface area contributed by atoms with Gasteiger partial charge in [-0.1, -0.05) is 38.1 Å². The molecule has 0 spiro atoms. The fraction of sp³-hybridized carbons (Fsp3) is 0.400. The first-order valence-electron chi connectivity index (χ1n) is 6.59. The van der Waals surface area contributed by atoms with E-state index in [0.29, 0.717) is 5.88 Å². The molecule has 1 heterocycles. The monoisotopic (exact) mass is 294 g/mol. The molecule has 0 N–H and O–H groups in total. The molecule has 0 bridgehead atoms. The van der Waals surface area contributed by atoms with E-state index in [0.717, 1.165) is 30.3 Å². The van der Waals surface area contributed by atoms with Gasteiger partial charge < -0.3 is 0 Å². The fourth-order valence-electron chi connectivity index (χ4n) is 2.05. The lowest BCUT2D eigenvalue weighted by Gasteiger charge is -2.19. The Balaban J connectivity index is 2.30. The Morgan fingerprint density at radius 2 is 1.95 bits per heavy atom. The molecule has 0 fully saturated rings. The summed E-state index contributed by atoms with van der Waals surface area (Å²) in [5.41, 5.74) is 3.52. The van der Waals surface area contributed by atoms with Crippen LogP contribution in [-0.2, 0) is 12.4 Å². The highest BCUT2D eigenvalue weighted by atomic mass is 35.5. The number of thiazole rings is 1. The summed E-state index contributed by atoms with van der Waals surface area (Å²) in [6, 6.07) is 8.51. The molecule has 2 aromatic rings. The van der Waals surface area contributed by atoms with Crippen LogP contribution in [0.2, 0.25) is 0 Å². The van der Waals surface area contributed by atoms with Crippen molar-refractivity contribution in [2.24, 2.45) is 0 Å². The van der Waals surface area contributed by atoms with Gasteiger partial charge in [-0.3, -0.25) is 4.90 Å². The van der Waals surface area contributed by atoms with Crippen molar-refractivity contribution in [3.05, 3.63) is 40.9 Å². The van der Waals surface area contributed by atoms with Crippen LogP contribution < -0.4 is 0 Å². The third-order valence-electron chi connectivity index (χ3n) is 3.22. The summed E-state index contributed by atoms with van der Waals surface area (Å²) in [6.07, 6.45) is 0. The Morgan fingerprint density at radius 1 is 1.21 bits per heavy atom. The number of hydrogen-bond acceptors (Lipinski definition) is 3. The molecule has 1 aromatic carbocycles. The largest absolute Gasteiger partial charge is 0.300 e. The molecule has 0 radical (unpaired) electrons. The third kappa shape index (κ3) is 3.56. The lowest BCUT2D eigenvalue weighted by molar-refractivity contribution is 0.296. The van der Waals surface area contributed by atoms with Crippen molar-refractivity contribution in [1.82, 2.24) is 9.88 Å². The zero-order valence-electron chi connectivity index (χ0n) is 11.4. The molecule has 2 rings (SSSR count). The Bertz CT molecular complexity index is 520. The molecule has 0 aliphatic carbocycles. The quantitative estimate of drug-likeness (QED) is 0.735. The molecule has 0 atom stereocenters. The fourth-order valence-corrected chi connectivity index (χ4v) is 3.16. The summed E-state index contributed by atoms with van der Waals surface area (Å²) in [5.74, 6) is 0.481. The molecule has 19 heavy (non-hydrogen) atoms. The zero-order valence-corrected chi connectivity index (χ0v) is 13.0. The van der Waals surface area contributed by atoms with Gasteiger partial charge in [0.2, 0.25) is 0 Å². The maximum atomic E-state index is 5.83. The second-order valence-electron chi connectivity index (χ2n) is 4.40. The lowest BCUT2D eigenvalue weighted by atomic mass is 10.1. The van der Waals surface area contributed by atoms with E-state index >= 15 is 0 Å². The van der Waals surface area contributed by atoms with Gasteiger partial charge in [0.05, 0.1) is 11.6 Å². The van der Waals surface area contributed by atoms with Crippen LogP contribution in [0.1, 0.15) is 25.1 Å². The number of nitrogens with zero attached hydrogens (tertiary/aromatic N) is 2. The SMILES string of the molecule is CCN(CC)Cc1ccccc1-c1nc(CCl)cs1. The van der Waals surface area contributed by atoms with Gasteiger partial charge in [-0.2, -0.15) is 0 Å². The number of hydrogen-bond donors (Lipinski definition) is 0. The maximum absolute atomic E-state index is 5.83. The van der Waals surface area contributed by atoms with Crippen molar-refractivity contribution in [3.8, 4) is 10.6 Å². The summed E-state index contributed by atoms with van der Waals surface area (Å²) >= 11 is 7.50. The molecule has 2 nitrogen and oxygen atoms in total. The summed E-state index contributed by atoms with van der Waals surface area (Å²) in [4.78, 5) is 7.00. The van der Waals surface area contributed by atoms with Gasteiger partial charge in [0.1, 0.15) is 5.01 Å². The second kappa shape index (κ2) is 7.04. The van der Waals surface area contributed by atoms with Crippen LogP contribution in [0.3, 0.4) is 0 Å². The van der Waals surface area contributed by atoms with Gasteiger partial charge in [0, 0.05) is 17.5 Å². The predicted octanol–water partition coefficient (Wildman–Crippen LogP) is 4.39. The number of alkyl halides is 1. The second-order valence-corrected chi connectivity index (χ2v) is 5.52. The molecule has 1 aromatic heterocycles. The van der Waals surface area contributed by atoms with E-state index in [2.05, 4.69) is 48.0 Å². The summed E-state index contributed by atoms with van der Waals surface area (Å²) < 4.78 is 0. The summed E-state index contributed by atoms with van der Waals surface area (Å²) in [6.45, 7) is 7.49. The predicted molar refractivity (Wildman–Crippen MR) is 83.7 cm³/mol. The van der Waals surface area contributed by atoms with E-state index in [9.17, 15) is 0 Å². The third-order valence-corrected chi connectivity index (χ3v) is 4.42. The molecular formula is C15H19ClN2S. The molecule has 0 saturated heterocycles. The van der Waals surface area contributed by atoms with Crippen LogP contribution in [0.25, 0.3) is 10.6 Å². The molecule has 0 aliphatic heterocycles. The smallest absolute Gasteiger partial charge is 0.123 e. The average Bonchev–Trinajstić information content (AvgIpc) is 2.94. The van der Waals surface area contributed by atoms with Crippen LogP contribution in [0, 0.1) is 0 Å². The topological polar surface area (TPSA) is 16.1 Å². The number of rotatable bonds is 6. The van der Waals surface area contributed by atoms with Gasteiger partial charge in [-0.05, 0) is 18.7 Å². The molecule has 102 valence electrons. The van der Waals surface area contributed by atoms with E-state index < -0.39 is 0 Å². The minimum atomic E-state index is 0.481. The molecule has 0 amide bonds. The van der Waals surface area contributed by atoms with Gasteiger partial charge in [0.15, 0.2) is 0 Å². The Morgan fingerprint density at radius 3 is 2.58 bits per heavy atom. The van der Waals surface area contributed by atoms with E-state index in [1.165, 1.54) is 11.1 Å². The molecular weight excluding hydrogens is 276 g/mol. The van der Waals surface area contributed by atoms with Crippen molar-refractivity contribution in [2.75, 3.05) is 13.1 Å². The van der Waals surface area contributed by atoms with Gasteiger partial charge in [0.25, 0.3) is 0 Å². The highest BCUT2D eigenvalue weighted by Gasteiger charge is 2.10. The van der Waals surface area contributed by atoms with Crippen LogP contribution in [0.4, 0.5) is 0 Å². The standard InChI is InChI=1S/C15H19ClN2S/c1-3-18(4-2)10-12-7-5-6-8-14(12)15-17-13(9-16)11-19-15/h5-8,11H,3-4,9-10H2,1-2H3. The van der Waals surface area contributed by atoms with Crippen LogP contribution in [-0.4, -0.2) is 23.0 Å². The molecule has 4 heteroatoms. The molecule has 0 aliphatic rings. The van der Waals surface area contributed by atoms with Crippen molar-refractivity contribution in [1.29, 1.82) is 0 Å². The van der Waals surface area contributed by atoms with Gasteiger partial charge in [-0.15, -0.1) is 22.9 Å². The molecule has 0 unspecified atom stereocenters. The number of benzene rings is 1. The Kier molecular flexibility index (Phi) is 5.37. The first-order valence-corrected chi connectivity index (χ1v) is 8.00. The van der Waals surface area contributed by atoms with Crippen molar-refractivity contribution in [3.63, 3.8) is 0 Å². The maximum Gasteiger partial charge on any atom is 0.123 e. The van der Waals surface area contributed by atoms with Crippen molar-refractivity contribution < 1.29 is 0 Å². The van der Waals surface area contributed by atoms with Crippen LogP contribution in [0.5, 0.6) is 0 Å². The van der Waals surface area contributed by atoms with Crippen LogP contribution >= 0.6 is 22.9 Å². The van der Waals surface area contributed by atoms with Crippen molar-refractivity contribution >= 4 is 22.9 Å². The Labute approximate surface area is 124 Å². The molecule has 0 saturated carbocycles. The Hall–Kier alpha value is -0.900. The minimum absolute atomic E-state index is 0.481. The van der Waals surface area contributed by atoms with Gasteiger partial charge >= 0.3 is 0 Å². The van der Waals surface area contributed by atoms with E-state index in [1.807, 2.05) is 5.38 Å². The van der Waals surface area contributed by atoms with E-state index in [1.54, 1.807) is 11.3 Å².